The normalized spacial score (nSPS) is 14.9. The van der Waals surface area contributed by atoms with Crippen molar-refractivity contribution in [3.05, 3.63) is 53.3 Å². The van der Waals surface area contributed by atoms with Crippen LogP contribution in [0.5, 0.6) is 0 Å². The van der Waals surface area contributed by atoms with Gasteiger partial charge in [0, 0.05) is 12.6 Å². The lowest BCUT2D eigenvalue weighted by atomic mass is 10.0. The third-order valence-electron chi connectivity index (χ3n) is 5.55. The Morgan fingerprint density at radius 3 is 2.67 bits per heavy atom. The number of thioether (sulfide) groups is 1. The second-order valence-electron chi connectivity index (χ2n) is 8.71. The van der Waals surface area contributed by atoms with Crippen molar-refractivity contribution in [2.24, 2.45) is 5.92 Å². The average molecular weight is 490 g/mol. The zero-order valence-electron chi connectivity index (χ0n) is 19.2. The molecule has 33 heavy (non-hydrogen) atoms. The summed E-state index contributed by atoms with van der Waals surface area (Å²) in [6, 6.07) is 6.89. The van der Waals surface area contributed by atoms with Gasteiger partial charge in [-0.2, -0.15) is 0 Å². The van der Waals surface area contributed by atoms with Gasteiger partial charge in [0.2, 0.25) is 5.91 Å². The SMILES string of the molecule is C=CCn1c(SCC(=O)NC2CCCC2)nnc1[C@H](CC(C)C)NC(=O)c1ccccc1Cl. The summed E-state index contributed by atoms with van der Waals surface area (Å²) in [5, 5.41) is 15.9. The molecule has 0 aliphatic heterocycles. The zero-order chi connectivity index (χ0) is 23.8. The van der Waals surface area contributed by atoms with E-state index in [-0.39, 0.29) is 29.7 Å². The Hall–Kier alpha value is -2.32. The van der Waals surface area contributed by atoms with Crippen LogP contribution in [0, 0.1) is 5.92 Å². The van der Waals surface area contributed by atoms with Crippen LogP contribution in [0.1, 0.15) is 68.2 Å². The van der Waals surface area contributed by atoms with Crippen LogP contribution in [-0.4, -0.2) is 38.4 Å². The maximum Gasteiger partial charge on any atom is 0.253 e. The summed E-state index contributed by atoms with van der Waals surface area (Å²) in [6.45, 7) is 8.51. The molecule has 1 heterocycles. The third-order valence-corrected chi connectivity index (χ3v) is 6.85. The Kier molecular flexibility index (Phi) is 9.38. The van der Waals surface area contributed by atoms with Gasteiger partial charge in [-0.1, -0.05) is 68.3 Å². The standard InChI is InChI=1S/C24H32ClN5O2S/c1-4-13-30-22(28-29-24(30)33-15-21(31)26-17-9-5-6-10-17)20(14-16(2)3)27-23(32)18-11-7-8-12-19(18)25/h4,7-8,11-12,16-17,20H,1,5-6,9-10,13-15H2,2-3H3,(H,26,31)(H,27,32)/t20-/m0/s1. The Bertz CT molecular complexity index is 972. The number of benzene rings is 1. The molecule has 1 fully saturated rings. The summed E-state index contributed by atoms with van der Waals surface area (Å²) < 4.78 is 1.92. The van der Waals surface area contributed by atoms with Crippen LogP contribution < -0.4 is 10.6 Å². The van der Waals surface area contributed by atoms with Crippen molar-refractivity contribution < 1.29 is 9.59 Å². The Balaban J connectivity index is 1.76. The molecule has 0 bridgehead atoms. The molecule has 1 aliphatic rings. The predicted octanol–water partition coefficient (Wildman–Crippen LogP) is 4.79. The first kappa shape index (κ1) is 25.3. The van der Waals surface area contributed by atoms with Gasteiger partial charge in [0.15, 0.2) is 11.0 Å². The lowest BCUT2D eigenvalue weighted by molar-refractivity contribution is -0.119. The first-order valence-electron chi connectivity index (χ1n) is 11.4. The van der Waals surface area contributed by atoms with E-state index in [1.54, 1.807) is 30.3 Å². The van der Waals surface area contributed by atoms with Crippen LogP contribution in [-0.2, 0) is 11.3 Å². The molecule has 9 heteroatoms. The summed E-state index contributed by atoms with van der Waals surface area (Å²) >= 11 is 7.57. The van der Waals surface area contributed by atoms with Crippen LogP contribution in [0.15, 0.2) is 42.1 Å². The van der Waals surface area contributed by atoms with Crippen LogP contribution in [0.3, 0.4) is 0 Å². The number of halogens is 1. The number of hydrogen-bond acceptors (Lipinski definition) is 5. The van der Waals surface area contributed by atoms with Crippen LogP contribution >= 0.6 is 23.4 Å². The first-order valence-corrected chi connectivity index (χ1v) is 12.8. The number of aromatic nitrogens is 3. The van der Waals surface area contributed by atoms with Gasteiger partial charge >= 0.3 is 0 Å². The fourth-order valence-corrected chi connectivity index (χ4v) is 5.00. The molecule has 0 saturated heterocycles. The number of hydrogen-bond donors (Lipinski definition) is 2. The van der Waals surface area contributed by atoms with E-state index in [1.165, 1.54) is 24.6 Å². The molecule has 1 saturated carbocycles. The predicted molar refractivity (Wildman–Crippen MR) is 132 cm³/mol. The molecule has 1 aromatic heterocycles. The molecular formula is C24H32ClN5O2S. The Morgan fingerprint density at radius 2 is 2.00 bits per heavy atom. The van der Waals surface area contributed by atoms with Gasteiger partial charge in [0.1, 0.15) is 0 Å². The topological polar surface area (TPSA) is 88.9 Å². The summed E-state index contributed by atoms with van der Waals surface area (Å²) in [7, 11) is 0. The third kappa shape index (κ3) is 7.08. The lowest BCUT2D eigenvalue weighted by Gasteiger charge is -2.21. The summed E-state index contributed by atoms with van der Waals surface area (Å²) in [6.07, 6.45) is 6.89. The van der Waals surface area contributed by atoms with Crippen molar-refractivity contribution >= 4 is 35.2 Å². The number of nitrogens with one attached hydrogen (secondary N) is 2. The van der Waals surface area contributed by atoms with E-state index in [4.69, 9.17) is 11.6 Å². The molecule has 2 amide bonds. The molecule has 2 N–H and O–H groups in total. The highest BCUT2D eigenvalue weighted by atomic mass is 35.5. The van der Waals surface area contributed by atoms with Crippen molar-refractivity contribution in [1.82, 2.24) is 25.4 Å². The molecule has 0 spiro atoms. The van der Waals surface area contributed by atoms with Gasteiger partial charge in [0.05, 0.1) is 22.4 Å². The van der Waals surface area contributed by atoms with E-state index in [2.05, 4.69) is 41.3 Å². The van der Waals surface area contributed by atoms with E-state index in [9.17, 15) is 9.59 Å². The highest BCUT2D eigenvalue weighted by Crippen LogP contribution is 2.26. The number of nitrogens with zero attached hydrogens (tertiary/aromatic N) is 3. The van der Waals surface area contributed by atoms with Crippen LogP contribution in [0.2, 0.25) is 5.02 Å². The molecule has 0 unspecified atom stereocenters. The molecule has 1 aromatic carbocycles. The fraction of sp³-hybridized carbons (Fsp3) is 0.500. The Labute approximate surface area is 204 Å². The van der Waals surface area contributed by atoms with Gasteiger partial charge in [-0.25, -0.2) is 0 Å². The van der Waals surface area contributed by atoms with Crippen molar-refractivity contribution in [3.8, 4) is 0 Å². The molecule has 178 valence electrons. The minimum Gasteiger partial charge on any atom is -0.353 e. The van der Waals surface area contributed by atoms with E-state index >= 15 is 0 Å². The van der Waals surface area contributed by atoms with E-state index < -0.39 is 0 Å². The monoisotopic (exact) mass is 489 g/mol. The number of carbonyl (C=O) groups is 2. The van der Waals surface area contributed by atoms with Crippen molar-refractivity contribution in [1.29, 1.82) is 0 Å². The first-order chi connectivity index (χ1) is 15.9. The van der Waals surface area contributed by atoms with Crippen molar-refractivity contribution in [2.75, 3.05) is 5.75 Å². The van der Waals surface area contributed by atoms with Gasteiger partial charge in [0.25, 0.3) is 5.91 Å². The quantitative estimate of drug-likeness (QED) is 0.350. The average Bonchev–Trinajstić information content (AvgIpc) is 3.42. The van der Waals surface area contributed by atoms with Crippen molar-refractivity contribution in [2.45, 2.75) is 69.7 Å². The largest absolute Gasteiger partial charge is 0.353 e. The number of allylic oxidation sites excluding steroid dienone is 1. The van der Waals surface area contributed by atoms with Gasteiger partial charge in [-0.15, -0.1) is 16.8 Å². The second-order valence-corrected chi connectivity index (χ2v) is 10.1. The Morgan fingerprint density at radius 1 is 1.27 bits per heavy atom. The summed E-state index contributed by atoms with van der Waals surface area (Å²) in [5.74, 6) is 0.968. The molecule has 7 nitrogen and oxygen atoms in total. The highest BCUT2D eigenvalue weighted by Gasteiger charge is 2.25. The van der Waals surface area contributed by atoms with E-state index in [0.717, 1.165) is 12.8 Å². The molecule has 0 radical (unpaired) electrons. The molecule has 1 atom stereocenters. The van der Waals surface area contributed by atoms with Gasteiger partial charge < -0.3 is 15.2 Å². The van der Waals surface area contributed by atoms with Gasteiger partial charge in [-0.05, 0) is 37.3 Å². The molecule has 2 aromatic rings. The lowest BCUT2D eigenvalue weighted by Crippen LogP contribution is -2.34. The van der Waals surface area contributed by atoms with Crippen LogP contribution in [0.25, 0.3) is 0 Å². The molecular weight excluding hydrogens is 458 g/mol. The minimum atomic E-state index is -0.358. The van der Waals surface area contributed by atoms with Crippen LogP contribution in [0.4, 0.5) is 0 Å². The highest BCUT2D eigenvalue weighted by molar-refractivity contribution is 7.99. The van der Waals surface area contributed by atoms with Crippen molar-refractivity contribution in [3.63, 3.8) is 0 Å². The van der Waals surface area contributed by atoms with E-state index in [1.807, 2.05) is 4.57 Å². The minimum absolute atomic E-state index is 0.00681. The smallest absolute Gasteiger partial charge is 0.253 e. The van der Waals surface area contributed by atoms with Gasteiger partial charge in [-0.3, -0.25) is 9.59 Å². The summed E-state index contributed by atoms with van der Waals surface area (Å²) in [4.78, 5) is 25.3. The van der Waals surface area contributed by atoms with E-state index in [0.29, 0.717) is 40.5 Å². The fourth-order valence-electron chi connectivity index (χ4n) is 4.02. The summed E-state index contributed by atoms with van der Waals surface area (Å²) in [5.41, 5.74) is 0.417. The molecule has 1 aliphatic carbocycles. The maximum atomic E-state index is 13.0. The maximum absolute atomic E-state index is 13.0. The number of rotatable bonds is 11. The zero-order valence-corrected chi connectivity index (χ0v) is 20.8. The number of carbonyl (C=O) groups excluding carboxylic acids is 2. The second kappa shape index (κ2) is 12.2. The number of amides is 2. The molecule has 3 rings (SSSR count).